The molecule has 0 rings (SSSR count). The molecule has 0 aliphatic rings. The highest BCUT2D eigenvalue weighted by Crippen LogP contribution is 2.61. The molecule has 0 aliphatic heterocycles. The third-order valence-electron chi connectivity index (χ3n) is 5.54. The van der Waals surface area contributed by atoms with Crippen LogP contribution in [0.25, 0.3) is 0 Å². The molecule has 0 aromatic rings. The summed E-state index contributed by atoms with van der Waals surface area (Å²) < 4.78 is 136. The van der Waals surface area contributed by atoms with Crippen LogP contribution in [-0.2, 0) is 18.9 Å². The fraction of sp³-hybridized carbons (Fsp3) is 1.00. The Bertz CT molecular complexity index is 482. The van der Waals surface area contributed by atoms with Gasteiger partial charge in [0.2, 0.25) is 11.2 Å². The van der Waals surface area contributed by atoms with Gasteiger partial charge in [-0.25, -0.2) is 0 Å². The van der Waals surface area contributed by atoms with Crippen molar-refractivity contribution < 1.29 is 54.1 Å². The average molecular weight is 476 g/mol. The minimum atomic E-state index is -5.90. The number of ether oxygens (including phenoxy) is 4. The molecule has 4 atom stereocenters. The topological polar surface area (TPSA) is 36.9 Å². The molecule has 4 unspecified atom stereocenters. The van der Waals surface area contributed by atoms with E-state index in [0.717, 1.165) is 27.7 Å². The summed E-state index contributed by atoms with van der Waals surface area (Å²) >= 11 is 0. The van der Waals surface area contributed by atoms with Crippen LogP contribution in [0, 0.1) is 11.8 Å². The molecule has 0 aromatic carbocycles. The quantitative estimate of drug-likeness (QED) is 0.167. The van der Waals surface area contributed by atoms with Crippen molar-refractivity contribution in [1.29, 1.82) is 0 Å². The van der Waals surface area contributed by atoms with Crippen LogP contribution >= 0.6 is 0 Å². The monoisotopic (exact) mass is 476 g/mol. The van der Waals surface area contributed by atoms with E-state index in [4.69, 9.17) is 0 Å². The van der Waals surface area contributed by atoms with Crippen LogP contribution in [0.1, 0.15) is 54.4 Å². The normalized spacial score (nSPS) is 19.5. The zero-order valence-electron chi connectivity index (χ0n) is 18.6. The molecule has 0 radical (unpaired) electrons. The predicted octanol–water partition coefficient (Wildman–Crippen LogP) is 6.34. The van der Waals surface area contributed by atoms with Crippen molar-refractivity contribution in [2.75, 3.05) is 26.8 Å². The van der Waals surface area contributed by atoms with Crippen LogP contribution in [0.4, 0.5) is 35.1 Å². The van der Waals surface area contributed by atoms with Gasteiger partial charge in [0.05, 0.1) is 0 Å². The number of halogens is 8. The lowest BCUT2D eigenvalue weighted by atomic mass is 9.68. The lowest BCUT2D eigenvalue weighted by Gasteiger charge is -2.54. The summed E-state index contributed by atoms with van der Waals surface area (Å²) in [4.78, 5) is 0. The molecule has 0 saturated carbocycles. The fourth-order valence-corrected chi connectivity index (χ4v) is 3.45. The molecular formula is C19H32F8O4. The molecule has 0 saturated heterocycles. The van der Waals surface area contributed by atoms with Gasteiger partial charge in [-0.15, -0.1) is 0 Å². The maximum atomic E-state index is 16.0. The van der Waals surface area contributed by atoms with Gasteiger partial charge in [0.15, 0.2) is 0 Å². The number of alkyl halides is 8. The van der Waals surface area contributed by atoms with E-state index in [2.05, 4.69) is 18.9 Å². The number of hydrogen-bond donors (Lipinski definition) is 0. The van der Waals surface area contributed by atoms with Crippen LogP contribution in [0.3, 0.4) is 0 Å². The van der Waals surface area contributed by atoms with E-state index in [0.29, 0.717) is 0 Å². The Morgan fingerprint density at radius 1 is 0.581 bits per heavy atom. The highest BCUT2D eigenvalue weighted by molar-refractivity contribution is 5.17. The first-order chi connectivity index (χ1) is 14.1. The maximum absolute atomic E-state index is 16.0. The Kier molecular flexibility index (Phi) is 11.2. The van der Waals surface area contributed by atoms with Crippen molar-refractivity contribution >= 4 is 0 Å². The van der Waals surface area contributed by atoms with E-state index >= 15 is 8.78 Å². The molecule has 0 fully saturated rings. The lowest BCUT2D eigenvalue weighted by molar-refractivity contribution is -0.455. The first-order valence-corrected chi connectivity index (χ1v) is 10.0. The van der Waals surface area contributed by atoms with E-state index in [-0.39, 0.29) is 13.2 Å². The smallest absolute Gasteiger partial charge is 0.356 e. The van der Waals surface area contributed by atoms with Gasteiger partial charge in [-0.2, -0.15) is 35.1 Å². The first kappa shape index (κ1) is 30.3. The van der Waals surface area contributed by atoms with Gasteiger partial charge in [-0.05, 0) is 13.8 Å². The average Bonchev–Trinajstić information content (AvgIpc) is 2.65. The molecule has 0 aliphatic carbocycles. The molecule has 31 heavy (non-hydrogen) atoms. The van der Waals surface area contributed by atoms with Crippen molar-refractivity contribution in [2.45, 2.75) is 83.9 Å². The minimum Gasteiger partial charge on any atom is -0.356 e. The molecule has 188 valence electrons. The molecule has 0 spiro atoms. The summed E-state index contributed by atoms with van der Waals surface area (Å²) in [6.07, 6.45) is -12.9. The minimum absolute atomic E-state index is 0.198. The Hall–Kier alpha value is -0.720. The second kappa shape index (κ2) is 11.4. The Balaban J connectivity index is 7.19. The van der Waals surface area contributed by atoms with Crippen LogP contribution in [0.5, 0.6) is 0 Å². The zero-order valence-corrected chi connectivity index (χ0v) is 18.6. The van der Waals surface area contributed by atoms with Crippen molar-refractivity contribution in [2.24, 2.45) is 11.8 Å². The standard InChI is InChI=1S/C19H32F8O4/c1-7-13(5)15(18(22,23)24,30-11-28-9-3)17(20,21)16(14(6)8-2,19(25,26)27)31-12-29-10-4/h13-14H,7-12H2,1-6H3. The van der Waals surface area contributed by atoms with E-state index < -0.39 is 67.7 Å². The van der Waals surface area contributed by atoms with E-state index in [9.17, 15) is 26.3 Å². The molecule has 0 N–H and O–H groups in total. The predicted molar refractivity (Wildman–Crippen MR) is 96.6 cm³/mol. The molecular weight excluding hydrogens is 444 g/mol. The molecule has 0 bridgehead atoms. The van der Waals surface area contributed by atoms with E-state index in [1.807, 2.05) is 0 Å². The highest BCUT2D eigenvalue weighted by Gasteiger charge is 2.86. The van der Waals surface area contributed by atoms with Gasteiger partial charge in [0, 0.05) is 25.0 Å². The van der Waals surface area contributed by atoms with Crippen molar-refractivity contribution in [3.8, 4) is 0 Å². The van der Waals surface area contributed by atoms with Gasteiger partial charge in [0.25, 0.3) is 0 Å². The summed E-state index contributed by atoms with van der Waals surface area (Å²) in [6, 6.07) is 0. The Labute approximate surface area is 177 Å². The largest absolute Gasteiger partial charge is 0.423 e. The van der Waals surface area contributed by atoms with Crippen molar-refractivity contribution in [3.05, 3.63) is 0 Å². The first-order valence-electron chi connectivity index (χ1n) is 10.0. The highest BCUT2D eigenvalue weighted by atomic mass is 19.4. The second-order valence-corrected chi connectivity index (χ2v) is 7.17. The van der Waals surface area contributed by atoms with E-state index in [1.54, 1.807) is 0 Å². The molecule has 0 amide bonds. The summed E-state index contributed by atoms with van der Waals surface area (Å²) in [5.74, 6) is -9.77. The van der Waals surface area contributed by atoms with Crippen LogP contribution < -0.4 is 0 Å². The lowest BCUT2D eigenvalue weighted by Crippen LogP contribution is -2.78. The van der Waals surface area contributed by atoms with Gasteiger partial charge < -0.3 is 18.9 Å². The van der Waals surface area contributed by atoms with Crippen molar-refractivity contribution in [1.82, 2.24) is 0 Å². The van der Waals surface area contributed by atoms with Gasteiger partial charge in [-0.1, -0.05) is 40.5 Å². The van der Waals surface area contributed by atoms with E-state index in [1.165, 1.54) is 13.8 Å². The van der Waals surface area contributed by atoms with Crippen LogP contribution in [0.15, 0.2) is 0 Å². The van der Waals surface area contributed by atoms with Gasteiger partial charge >= 0.3 is 18.3 Å². The number of hydrogen-bond acceptors (Lipinski definition) is 4. The summed E-state index contributed by atoms with van der Waals surface area (Å²) in [7, 11) is 0. The fourth-order valence-electron chi connectivity index (χ4n) is 3.45. The van der Waals surface area contributed by atoms with Crippen LogP contribution in [0.2, 0.25) is 0 Å². The Morgan fingerprint density at radius 3 is 1.06 bits per heavy atom. The maximum Gasteiger partial charge on any atom is 0.423 e. The molecule has 0 aromatic heterocycles. The summed E-state index contributed by atoms with van der Waals surface area (Å²) in [5, 5.41) is 0. The van der Waals surface area contributed by atoms with Crippen molar-refractivity contribution in [3.63, 3.8) is 0 Å². The number of rotatable bonds is 14. The summed E-state index contributed by atoms with van der Waals surface area (Å²) in [5.41, 5.74) is -9.09. The van der Waals surface area contributed by atoms with Crippen LogP contribution in [-0.4, -0.2) is 56.3 Å². The Morgan fingerprint density at radius 2 is 0.871 bits per heavy atom. The summed E-state index contributed by atoms with van der Waals surface area (Å²) in [6.45, 7) is 3.57. The third-order valence-corrected chi connectivity index (χ3v) is 5.54. The molecule has 4 nitrogen and oxygen atoms in total. The SMILES string of the molecule is CCOCOC(C(C)CC)(C(F)(F)F)C(F)(F)C(OCOCC)(C(C)CC)C(F)(F)F. The van der Waals surface area contributed by atoms with Gasteiger partial charge in [0.1, 0.15) is 13.6 Å². The van der Waals surface area contributed by atoms with Gasteiger partial charge in [-0.3, -0.25) is 0 Å². The third kappa shape index (κ3) is 5.44. The second-order valence-electron chi connectivity index (χ2n) is 7.17. The molecule has 0 heterocycles. The zero-order chi connectivity index (χ0) is 24.7. The molecule has 12 heteroatoms.